The first-order chi connectivity index (χ1) is 21.4. The first kappa shape index (κ1) is 47.0. The third-order valence-corrected chi connectivity index (χ3v) is 7.58. The second-order valence-corrected chi connectivity index (χ2v) is 26.3. The molecule has 0 aliphatic carbocycles. The van der Waals surface area contributed by atoms with E-state index in [0.29, 0.717) is 0 Å². The van der Waals surface area contributed by atoms with E-state index in [1.807, 2.05) is 0 Å². The first-order valence-electron chi connectivity index (χ1n) is 13.2. The van der Waals surface area contributed by atoms with Crippen molar-refractivity contribution in [3.8, 4) is 0 Å². The molecule has 0 heterocycles. The molecule has 1 radical (unpaired) electrons. The van der Waals surface area contributed by atoms with Gasteiger partial charge in [-0.05, 0) is 24.7 Å². The fourth-order valence-corrected chi connectivity index (χ4v) is 5.68. The van der Waals surface area contributed by atoms with Crippen molar-refractivity contribution in [3.63, 3.8) is 0 Å². The van der Waals surface area contributed by atoms with E-state index in [1.54, 1.807) is 58.9 Å². The van der Waals surface area contributed by atoms with Gasteiger partial charge in [-0.2, -0.15) is 0 Å². The van der Waals surface area contributed by atoms with Crippen molar-refractivity contribution < 1.29 is 108 Å². The van der Waals surface area contributed by atoms with Gasteiger partial charge < -0.3 is 14.9 Å². The predicted octanol–water partition coefficient (Wildman–Crippen LogP) is 12.7. The smallest absolute Gasteiger partial charge is 0.682 e. The zero-order valence-corrected chi connectivity index (χ0v) is 33.2. The summed E-state index contributed by atoms with van der Waals surface area (Å²) in [6.07, 6.45) is 0. The van der Waals surface area contributed by atoms with E-state index in [4.69, 9.17) is 0 Å². The summed E-state index contributed by atoms with van der Waals surface area (Å²) in [5.74, 6) is -29.5. The van der Waals surface area contributed by atoms with Crippen molar-refractivity contribution >= 4 is 41.8 Å². The summed E-state index contributed by atoms with van der Waals surface area (Å²) >= 11 is 0. The molecule has 271 valence electrons. The number of nitrogens with zero attached hydrogens (tertiary/aromatic N) is 3. The van der Waals surface area contributed by atoms with E-state index in [1.165, 1.54) is 0 Å². The monoisotopic (exact) mass is 902 g/mol. The van der Waals surface area contributed by atoms with Crippen LogP contribution in [-0.2, 0) is 0 Å². The van der Waals surface area contributed by atoms with Crippen LogP contribution in [0.3, 0.4) is 0 Å². The van der Waals surface area contributed by atoms with Crippen LogP contribution >= 0.6 is 0 Å². The SMILES string of the molecule is C[Si](C)(C)[N-]c1c(F)c(F)c(F)c(F)c1F.C[Si](C)(C)[N-]c1c(F)c(F)c(F)c(F)c1F.C[Si](C)(C)[N-]c1c(F)c(F)c(F)c(F)c1F.[Ce+3]. The Morgan fingerprint density at radius 1 is 0.245 bits per heavy atom. The maximum absolute atomic E-state index is 13.1. The zero-order valence-electron chi connectivity index (χ0n) is 27.0. The van der Waals surface area contributed by atoms with Gasteiger partial charge in [0.2, 0.25) is 0 Å². The molecule has 0 aliphatic rings. The molecule has 0 atom stereocenters. The Balaban J connectivity index is 0.000000698. The van der Waals surface area contributed by atoms with E-state index >= 15 is 0 Å². The van der Waals surface area contributed by atoms with Crippen LogP contribution in [-0.4, -0.2) is 24.7 Å². The zero-order chi connectivity index (χ0) is 38.0. The van der Waals surface area contributed by atoms with Gasteiger partial charge in [0, 0.05) is 0 Å². The molecule has 0 saturated heterocycles. The molecule has 0 fully saturated rings. The third-order valence-electron chi connectivity index (χ3n) is 4.90. The van der Waals surface area contributed by atoms with E-state index < -0.39 is 129 Å². The van der Waals surface area contributed by atoms with Gasteiger partial charge in [0.05, 0.1) is 0 Å². The summed E-state index contributed by atoms with van der Waals surface area (Å²) in [5.41, 5.74) is -3.22. The van der Waals surface area contributed by atoms with Gasteiger partial charge in [-0.3, -0.25) is 0 Å². The van der Waals surface area contributed by atoms with Crippen molar-refractivity contribution in [1.29, 1.82) is 0 Å². The maximum Gasteiger partial charge on any atom is 3.00 e. The standard InChI is InChI=1S/3C9H9F5NSi.Ce/c3*1-16(2,3)15-9-7(13)5(11)4(10)6(12)8(9)14;/h3*1-3H3;/q3*-1;+3. The molecule has 3 aromatic carbocycles. The summed E-state index contributed by atoms with van der Waals surface area (Å²) in [5, 5.41) is 0. The van der Waals surface area contributed by atoms with Gasteiger partial charge in [0.25, 0.3) is 0 Å². The van der Waals surface area contributed by atoms with Gasteiger partial charge in [-0.25, -0.2) is 65.9 Å². The first-order valence-corrected chi connectivity index (χ1v) is 23.5. The molecular formula is C27H27CeF15N3Si3. The van der Waals surface area contributed by atoms with E-state index in [0.717, 1.165) is 0 Å². The summed E-state index contributed by atoms with van der Waals surface area (Å²) in [6, 6.07) is 0. The number of hydrogen-bond donors (Lipinski definition) is 0. The normalized spacial score (nSPS) is 11.5. The number of halogens is 15. The molecule has 49 heavy (non-hydrogen) atoms. The summed E-state index contributed by atoms with van der Waals surface area (Å²) in [6.45, 7) is 14.5. The maximum atomic E-state index is 13.1. The molecular weight excluding hydrogens is 876 g/mol. The minimum Gasteiger partial charge on any atom is -0.682 e. The Bertz CT molecular complexity index is 1390. The molecule has 0 unspecified atom stereocenters. The fourth-order valence-electron chi connectivity index (χ4n) is 3.08. The van der Waals surface area contributed by atoms with E-state index in [2.05, 4.69) is 14.9 Å². The van der Waals surface area contributed by atoms with Gasteiger partial charge in [-0.1, -0.05) is 76.0 Å². The minimum absolute atomic E-state index is 0. The predicted molar refractivity (Wildman–Crippen MR) is 158 cm³/mol. The van der Waals surface area contributed by atoms with Crippen LogP contribution in [0, 0.1) is 129 Å². The van der Waals surface area contributed by atoms with Crippen LogP contribution in [0.15, 0.2) is 0 Å². The van der Waals surface area contributed by atoms with Crippen LogP contribution in [0.4, 0.5) is 82.9 Å². The Kier molecular flexibility index (Phi) is 16.8. The Morgan fingerprint density at radius 3 is 0.449 bits per heavy atom. The molecule has 22 heteroatoms. The Morgan fingerprint density at radius 2 is 0.347 bits per heavy atom. The van der Waals surface area contributed by atoms with E-state index in [9.17, 15) is 65.9 Å². The quantitative estimate of drug-likeness (QED) is 0.102. The van der Waals surface area contributed by atoms with Crippen molar-refractivity contribution in [1.82, 2.24) is 0 Å². The second kappa shape index (κ2) is 17.5. The van der Waals surface area contributed by atoms with Crippen LogP contribution in [0.25, 0.3) is 14.9 Å². The number of benzene rings is 3. The topological polar surface area (TPSA) is 42.3 Å². The van der Waals surface area contributed by atoms with Gasteiger partial charge in [-0.15, -0.1) is 0 Å². The van der Waals surface area contributed by atoms with Crippen molar-refractivity contribution in [3.05, 3.63) is 102 Å². The average Bonchev–Trinajstić information content (AvgIpc) is 2.97. The molecule has 0 saturated carbocycles. The van der Waals surface area contributed by atoms with Crippen LogP contribution in [0.2, 0.25) is 58.9 Å². The average molecular weight is 903 g/mol. The number of hydrogen-bond acceptors (Lipinski definition) is 0. The molecule has 3 rings (SSSR count). The van der Waals surface area contributed by atoms with Crippen molar-refractivity contribution in [2.24, 2.45) is 0 Å². The van der Waals surface area contributed by atoms with Gasteiger partial charge in [0.1, 0.15) is 34.9 Å². The van der Waals surface area contributed by atoms with Crippen LogP contribution < -0.4 is 0 Å². The fraction of sp³-hybridized carbons (Fsp3) is 0.333. The largest absolute Gasteiger partial charge is 3.00 e. The molecule has 0 N–H and O–H groups in total. The van der Waals surface area contributed by atoms with Crippen LogP contribution in [0.5, 0.6) is 0 Å². The van der Waals surface area contributed by atoms with Gasteiger partial charge >= 0.3 is 41.7 Å². The molecule has 3 nitrogen and oxygen atoms in total. The minimum atomic E-state index is -2.33. The third kappa shape index (κ3) is 12.3. The Hall–Kier alpha value is -1.96. The molecule has 0 bridgehead atoms. The Labute approximate surface area is 308 Å². The van der Waals surface area contributed by atoms with Crippen molar-refractivity contribution in [2.75, 3.05) is 0 Å². The number of rotatable bonds is 6. The molecule has 3 aromatic rings. The molecule has 0 aliphatic heterocycles. The van der Waals surface area contributed by atoms with Crippen molar-refractivity contribution in [2.45, 2.75) is 58.9 Å². The van der Waals surface area contributed by atoms with Gasteiger partial charge in [0.15, 0.2) is 52.4 Å². The molecule has 0 spiro atoms. The van der Waals surface area contributed by atoms with Crippen LogP contribution in [0.1, 0.15) is 0 Å². The second-order valence-electron chi connectivity index (χ2n) is 12.6. The summed E-state index contributed by atoms with van der Waals surface area (Å²) < 4.78 is 193. The van der Waals surface area contributed by atoms with E-state index in [-0.39, 0.29) is 41.7 Å². The molecule has 0 aromatic heterocycles. The summed E-state index contributed by atoms with van der Waals surface area (Å²) in [4.78, 5) is 10.8. The molecule has 0 amide bonds. The summed E-state index contributed by atoms with van der Waals surface area (Å²) in [7, 11) is -7.00.